The largest absolute Gasteiger partial charge is 0.382 e. The minimum atomic E-state index is 0.508. The Bertz CT molecular complexity index is 1410. The van der Waals surface area contributed by atoms with Crippen LogP contribution in [0, 0.1) is 0 Å². The normalized spacial score (nSPS) is 15.1. The maximum atomic E-state index is 6.02. The fourth-order valence-corrected chi connectivity index (χ4v) is 4.40. The highest BCUT2D eigenvalue weighted by Crippen LogP contribution is 2.33. The molecule has 0 bridgehead atoms. The third-order valence-corrected chi connectivity index (χ3v) is 6.32. The van der Waals surface area contributed by atoms with Crippen LogP contribution in [0.25, 0.3) is 44.3 Å². The fourth-order valence-electron chi connectivity index (χ4n) is 4.40. The predicted molar refractivity (Wildman–Crippen MR) is 129 cm³/mol. The Morgan fingerprint density at radius 3 is 2.56 bits per heavy atom. The van der Waals surface area contributed by atoms with Crippen molar-refractivity contribution in [3.8, 4) is 22.4 Å². The average molecular weight is 425 g/mol. The van der Waals surface area contributed by atoms with Gasteiger partial charge < -0.3 is 20.5 Å². The van der Waals surface area contributed by atoms with Crippen LogP contribution >= 0.6 is 0 Å². The number of nitrogen functional groups attached to an aromatic ring is 1. The molecule has 5 aromatic rings. The van der Waals surface area contributed by atoms with Crippen LogP contribution in [-0.2, 0) is 0 Å². The molecule has 0 amide bonds. The molecule has 0 atom stereocenters. The molecule has 160 valence electrons. The summed E-state index contributed by atoms with van der Waals surface area (Å²) in [6.45, 7) is 4.15. The lowest BCUT2D eigenvalue weighted by molar-refractivity contribution is 0.312. The second-order valence-corrected chi connectivity index (χ2v) is 8.37. The number of H-pyrrole nitrogens is 2. The van der Waals surface area contributed by atoms with Crippen LogP contribution in [0.15, 0.2) is 54.9 Å². The fraction of sp³-hybridized carbons (Fsp3) is 0.208. The molecule has 8 heteroatoms. The van der Waals surface area contributed by atoms with Gasteiger partial charge in [0.1, 0.15) is 11.5 Å². The van der Waals surface area contributed by atoms with E-state index >= 15 is 0 Å². The summed E-state index contributed by atoms with van der Waals surface area (Å²) in [7, 11) is 2.16. The number of aromatic amines is 2. The molecule has 8 nitrogen and oxygen atoms in total. The molecule has 1 aliphatic heterocycles. The molecule has 32 heavy (non-hydrogen) atoms. The minimum Gasteiger partial charge on any atom is -0.382 e. The predicted octanol–water partition coefficient (Wildman–Crippen LogP) is 3.50. The molecule has 0 saturated carbocycles. The van der Waals surface area contributed by atoms with Crippen LogP contribution in [0.3, 0.4) is 0 Å². The van der Waals surface area contributed by atoms with E-state index < -0.39 is 0 Å². The van der Waals surface area contributed by atoms with E-state index in [2.05, 4.69) is 67.3 Å². The number of nitrogens with one attached hydrogen (secondary N) is 2. The topological polar surface area (TPSA) is 103 Å². The number of aromatic nitrogens is 5. The number of fused-ring (bicyclic) bond motifs is 2. The third-order valence-electron chi connectivity index (χ3n) is 6.32. The van der Waals surface area contributed by atoms with Gasteiger partial charge in [0.2, 0.25) is 0 Å². The zero-order valence-corrected chi connectivity index (χ0v) is 17.8. The maximum Gasteiger partial charge on any atom is 0.153 e. The molecule has 0 unspecified atom stereocenters. The summed E-state index contributed by atoms with van der Waals surface area (Å²) in [5.74, 6) is 1.54. The first-order valence-electron chi connectivity index (χ1n) is 10.8. The van der Waals surface area contributed by atoms with Crippen molar-refractivity contribution in [2.75, 3.05) is 43.9 Å². The van der Waals surface area contributed by atoms with Crippen LogP contribution < -0.4 is 10.6 Å². The summed E-state index contributed by atoms with van der Waals surface area (Å²) >= 11 is 0. The van der Waals surface area contributed by atoms with Gasteiger partial charge >= 0.3 is 0 Å². The van der Waals surface area contributed by atoms with Crippen molar-refractivity contribution in [3.05, 3.63) is 54.9 Å². The highest BCUT2D eigenvalue weighted by Gasteiger charge is 2.16. The van der Waals surface area contributed by atoms with Crippen molar-refractivity contribution < 1.29 is 0 Å². The summed E-state index contributed by atoms with van der Waals surface area (Å²) in [5.41, 5.74) is 12.0. The Hall–Kier alpha value is -3.91. The van der Waals surface area contributed by atoms with Gasteiger partial charge in [-0.05, 0) is 54.6 Å². The third kappa shape index (κ3) is 3.16. The van der Waals surface area contributed by atoms with E-state index in [1.807, 2.05) is 24.5 Å². The van der Waals surface area contributed by atoms with Crippen molar-refractivity contribution in [2.45, 2.75) is 0 Å². The standard InChI is InChI=1S/C24H24N8/c1-31-8-10-32(11-9-31)22-5-3-16(14-27-22)21-13-18-17(6-7-26-24(18)28-21)15-2-4-20-19(12-15)23(25)30-29-20/h2-7,12-14H,8-11H2,1H3,(H,26,28)(H3,25,29,30). The van der Waals surface area contributed by atoms with Gasteiger partial charge in [-0.1, -0.05) is 6.07 Å². The summed E-state index contributed by atoms with van der Waals surface area (Å²) in [4.78, 5) is 17.4. The summed E-state index contributed by atoms with van der Waals surface area (Å²) < 4.78 is 0. The Morgan fingerprint density at radius 2 is 1.75 bits per heavy atom. The maximum absolute atomic E-state index is 6.02. The molecule has 6 rings (SSSR count). The number of hydrogen-bond acceptors (Lipinski definition) is 6. The van der Waals surface area contributed by atoms with Gasteiger partial charge in [-0.25, -0.2) is 9.97 Å². The molecule has 5 heterocycles. The molecule has 4 N–H and O–H groups in total. The number of rotatable bonds is 3. The quantitative estimate of drug-likeness (QED) is 0.410. The summed E-state index contributed by atoms with van der Waals surface area (Å²) in [6, 6.07) is 14.6. The monoisotopic (exact) mass is 424 g/mol. The zero-order chi connectivity index (χ0) is 21.7. The number of piperazine rings is 1. The van der Waals surface area contributed by atoms with Crippen molar-refractivity contribution in [2.24, 2.45) is 0 Å². The van der Waals surface area contributed by atoms with Gasteiger partial charge in [-0.3, -0.25) is 5.10 Å². The number of hydrogen-bond donors (Lipinski definition) is 3. The molecule has 1 saturated heterocycles. The van der Waals surface area contributed by atoms with E-state index in [0.717, 1.165) is 76.3 Å². The summed E-state index contributed by atoms with van der Waals surface area (Å²) in [5, 5.41) is 9.04. The lowest BCUT2D eigenvalue weighted by Crippen LogP contribution is -2.44. The smallest absolute Gasteiger partial charge is 0.153 e. The first-order valence-corrected chi connectivity index (χ1v) is 10.8. The molecular weight excluding hydrogens is 400 g/mol. The first-order chi connectivity index (χ1) is 15.7. The molecule has 0 radical (unpaired) electrons. The molecule has 1 aromatic carbocycles. The Morgan fingerprint density at radius 1 is 0.906 bits per heavy atom. The van der Waals surface area contributed by atoms with Crippen LogP contribution in [0.5, 0.6) is 0 Å². The number of nitrogens with zero attached hydrogens (tertiary/aromatic N) is 5. The van der Waals surface area contributed by atoms with Gasteiger partial charge in [0.05, 0.1) is 5.52 Å². The van der Waals surface area contributed by atoms with E-state index in [1.54, 1.807) is 0 Å². The first kappa shape index (κ1) is 18.8. The van der Waals surface area contributed by atoms with Crippen LogP contribution in [0.1, 0.15) is 0 Å². The van der Waals surface area contributed by atoms with Crippen LogP contribution in [0.4, 0.5) is 11.6 Å². The number of benzene rings is 1. The van der Waals surface area contributed by atoms with E-state index in [0.29, 0.717) is 5.82 Å². The highest BCUT2D eigenvalue weighted by molar-refractivity contribution is 5.99. The zero-order valence-electron chi connectivity index (χ0n) is 17.8. The Labute approximate surface area is 185 Å². The van der Waals surface area contributed by atoms with Crippen molar-refractivity contribution >= 4 is 33.6 Å². The average Bonchev–Trinajstić information content (AvgIpc) is 3.43. The molecule has 1 fully saturated rings. The Kier molecular flexibility index (Phi) is 4.32. The second kappa shape index (κ2) is 7.35. The number of nitrogens with two attached hydrogens (primary N) is 1. The lowest BCUT2D eigenvalue weighted by atomic mass is 10.0. The number of likely N-dealkylation sites (N-methyl/N-ethyl adjacent to an activating group) is 1. The SMILES string of the molecule is CN1CCN(c2ccc(-c3cc4c(-c5ccc6[nH]nc(N)c6c5)ccnc4[nH]3)cn2)CC1. The van der Waals surface area contributed by atoms with E-state index in [-0.39, 0.29) is 0 Å². The van der Waals surface area contributed by atoms with Gasteiger partial charge in [0.25, 0.3) is 0 Å². The van der Waals surface area contributed by atoms with Crippen molar-refractivity contribution in [1.29, 1.82) is 0 Å². The van der Waals surface area contributed by atoms with Crippen molar-refractivity contribution in [1.82, 2.24) is 30.0 Å². The minimum absolute atomic E-state index is 0.508. The molecule has 1 aliphatic rings. The molecular formula is C24H24N8. The van der Waals surface area contributed by atoms with Crippen molar-refractivity contribution in [3.63, 3.8) is 0 Å². The molecule has 4 aromatic heterocycles. The van der Waals surface area contributed by atoms with Gasteiger partial charge in [0, 0.05) is 60.6 Å². The van der Waals surface area contributed by atoms with E-state index in [4.69, 9.17) is 10.7 Å². The van der Waals surface area contributed by atoms with Gasteiger partial charge in [-0.15, -0.1) is 0 Å². The lowest BCUT2D eigenvalue weighted by Gasteiger charge is -2.33. The van der Waals surface area contributed by atoms with Gasteiger partial charge in [0.15, 0.2) is 5.82 Å². The van der Waals surface area contributed by atoms with E-state index in [1.165, 1.54) is 0 Å². The summed E-state index contributed by atoms with van der Waals surface area (Å²) in [6.07, 6.45) is 3.77. The number of anilines is 2. The van der Waals surface area contributed by atoms with Crippen LogP contribution in [0.2, 0.25) is 0 Å². The Balaban J connectivity index is 1.35. The van der Waals surface area contributed by atoms with Crippen LogP contribution in [-0.4, -0.2) is 63.3 Å². The molecule has 0 spiro atoms. The molecule has 0 aliphatic carbocycles. The number of pyridine rings is 2. The second-order valence-electron chi connectivity index (χ2n) is 8.37. The van der Waals surface area contributed by atoms with E-state index in [9.17, 15) is 0 Å². The van der Waals surface area contributed by atoms with Gasteiger partial charge in [-0.2, -0.15) is 5.10 Å². The highest BCUT2D eigenvalue weighted by atomic mass is 15.3.